The highest BCUT2D eigenvalue weighted by atomic mass is 16.7. The number of rotatable bonds is 6. The van der Waals surface area contributed by atoms with E-state index in [1.165, 1.54) is 4.90 Å². The van der Waals surface area contributed by atoms with Crippen molar-refractivity contribution in [2.75, 3.05) is 13.2 Å². The number of amides is 2. The van der Waals surface area contributed by atoms with E-state index in [0.29, 0.717) is 24.3 Å². The maximum absolute atomic E-state index is 13.0. The Morgan fingerprint density at radius 1 is 1.04 bits per heavy atom. The number of benzene rings is 2. The van der Waals surface area contributed by atoms with Gasteiger partial charge >= 0.3 is 0 Å². The first-order chi connectivity index (χ1) is 13.5. The van der Waals surface area contributed by atoms with Crippen molar-refractivity contribution in [1.29, 1.82) is 0 Å². The average Bonchev–Trinajstić information content (AvgIpc) is 3.18. The molecule has 0 bridgehead atoms. The molecule has 2 amide bonds. The van der Waals surface area contributed by atoms with Crippen LogP contribution in [0.15, 0.2) is 54.6 Å². The van der Waals surface area contributed by atoms with Crippen LogP contribution in [-0.4, -0.2) is 47.9 Å². The van der Waals surface area contributed by atoms with Crippen molar-refractivity contribution >= 4 is 11.8 Å². The number of carbonyl (C=O) groups excluding carboxylic acids is 2. The Labute approximate surface area is 164 Å². The molecule has 6 nitrogen and oxygen atoms in total. The van der Waals surface area contributed by atoms with Gasteiger partial charge in [0, 0.05) is 0 Å². The number of ether oxygens (including phenoxy) is 3. The summed E-state index contributed by atoms with van der Waals surface area (Å²) in [7, 11) is 0. The summed E-state index contributed by atoms with van der Waals surface area (Å²) in [5.74, 6) is -1.40. The summed E-state index contributed by atoms with van der Waals surface area (Å²) >= 11 is 0. The number of imide groups is 1. The van der Waals surface area contributed by atoms with E-state index in [0.717, 1.165) is 5.56 Å². The lowest BCUT2D eigenvalue weighted by Crippen LogP contribution is -2.50. The number of hydrogen-bond acceptors (Lipinski definition) is 5. The molecule has 2 aromatic carbocycles. The van der Waals surface area contributed by atoms with Gasteiger partial charge in [0.2, 0.25) is 0 Å². The Bertz CT molecular complexity index is 845. The molecule has 4 rings (SSSR count). The van der Waals surface area contributed by atoms with Crippen LogP contribution < -0.4 is 0 Å². The molecular formula is C22H23NO5. The highest BCUT2D eigenvalue weighted by Crippen LogP contribution is 2.31. The van der Waals surface area contributed by atoms with E-state index in [9.17, 15) is 9.59 Å². The Hall–Kier alpha value is -2.54. The zero-order valence-electron chi connectivity index (χ0n) is 16.0. The molecule has 1 unspecified atom stereocenters. The molecular weight excluding hydrogens is 358 g/mol. The first kappa shape index (κ1) is 18.8. The normalized spacial score (nSPS) is 21.8. The van der Waals surface area contributed by atoms with Gasteiger partial charge in [0.05, 0.1) is 37.0 Å². The number of nitrogens with zero attached hydrogens (tertiary/aromatic N) is 1. The molecule has 0 aromatic heterocycles. The second-order valence-electron chi connectivity index (χ2n) is 7.46. The van der Waals surface area contributed by atoms with Crippen molar-refractivity contribution in [2.24, 2.45) is 0 Å². The second-order valence-corrected chi connectivity index (χ2v) is 7.46. The fraction of sp³-hybridized carbons (Fsp3) is 0.364. The van der Waals surface area contributed by atoms with Crippen LogP contribution in [0, 0.1) is 0 Å². The maximum atomic E-state index is 13.0. The minimum Gasteiger partial charge on any atom is -0.375 e. The van der Waals surface area contributed by atoms with E-state index in [4.69, 9.17) is 14.2 Å². The van der Waals surface area contributed by atoms with Gasteiger partial charge in [0.1, 0.15) is 6.10 Å². The lowest BCUT2D eigenvalue weighted by molar-refractivity contribution is -0.147. The molecule has 1 fully saturated rings. The van der Waals surface area contributed by atoms with Crippen molar-refractivity contribution in [1.82, 2.24) is 4.90 Å². The molecule has 2 aromatic rings. The molecule has 0 N–H and O–H groups in total. The third kappa shape index (κ3) is 3.58. The van der Waals surface area contributed by atoms with Crippen molar-refractivity contribution in [3.8, 4) is 0 Å². The van der Waals surface area contributed by atoms with Crippen LogP contribution in [0.3, 0.4) is 0 Å². The molecule has 1 saturated heterocycles. The SMILES string of the molecule is CC1(C)OC[C@H](C(COCc2ccccc2)N2C(=O)c3ccccc3C2=O)O1. The van der Waals surface area contributed by atoms with E-state index >= 15 is 0 Å². The van der Waals surface area contributed by atoms with Crippen LogP contribution in [0.2, 0.25) is 0 Å². The van der Waals surface area contributed by atoms with E-state index in [1.807, 2.05) is 44.2 Å². The summed E-state index contributed by atoms with van der Waals surface area (Å²) in [5, 5.41) is 0. The third-order valence-electron chi connectivity index (χ3n) is 5.02. The van der Waals surface area contributed by atoms with Gasteiger partial charge in [-0.15, -0.1) is 0 Å². The van der Waals surface area contributed by atoms with Crippen LogP contribution in [0.25, 0.3) is 0 Å². The molecule has 146 valence electrons. The smallest absolute Gasteiger partial charge is 0.261 e. The van der Waals surface area contributed by atoms with Crippen LogP contribution in [0.1, 0.15) is 40.1 Å². The van der Waals surface area contributed by atoms with E-state index in [1.54, 1.807) is 24.3 Å². The van der Waals surface area contributed by atoms with E-state index in [2.05, 4.69) is 0 Å². The molecule has 0 radical (unpaired) electrons. The summed E-state index contributed by atoms with van der Waals surface area (Å²) in [6.07, 6.45) is -0.451. The fourth-order valence-corrected chi connectivity index (χ4v) is 3.63. The van der Waals surface area contributed by atoms with Gasteiger partial charge in [-0.1, -0.05) is 42.5 Å². The lowest BCUT2D eigenvalue weighted by atomic mass is 10.1. The predicted octanol–water partition coefficient (Wildman–Crippen LogP) is 3.02. The zero-order chi connectivity index (χ0) is 19.7. The third-order valence-corrected chi connectivity index (χ3v) is 5.02. The summed E-state index contributed by atoms with van der Waals surface area (Å²) in [6.45, 7) is 4.48. The summed E-state index contributed by atoms with van der Waals surface area (Å²) < 4.78 is 17.5. The average molecular weight is 381 g/mol. The van der Waals surface area contributed by atoms with Gasteiger partial charge in [-0.05, 0) is 31.5 Å². The maximum Gasteiger partial charge on any atom is 0.261 e. The molecule has 2 aliphatic rings. The monoisotopic (exact) mass is 381 g/mol. The van der Waals surface area contributed by atoms with Crippen LogP contribution in [0.4, 0.5) is 0 Å². The largest absolute Gasteiger partial charge is 0.375 e. The summed E-state index contributed by atoms with van der Waals surface area (Å²) in [4.78, 5) is 27.2. The molecule has 28 heavy (non-hydrogen) atoms. The number of fused-ring (bicyclic) bond motifs is 1. The molecule has 0 aliphatic carbocycles. The van der Waals surface area contributed by atoms with E-state index < -0.39 is 17.9 Å². The second kappa shape index (κ2) is 7.47. The van der Waals surface area contributed by atoms with Gasteiger partial charge in [0.15, 0.2) is 5.79 Å². The Balaban J connectivity index is 1.55. The summed E-state index contributed by atoms with van der Waals surface area (Å²) in [6, 6.07) is 16.0. The highest BCUT2D eigenvalue weighted by molar-refractivity contribution is 6.21. The van der Waals surface area contributed by atoms with Gasteiger partial charge < -0.3 is 14.2 Å². The molecule has 2 heterocycles. The van der Waals surface area contributed by atoms with E-state index in [-0.39, 0.29) is 18.4 Å². The Morgan fingerprint density at radius 3 is 2.21 bits per heavy atom. The molecule has 6 heteroatoms. The van der Waals surface area contributed by atoms with Crippen LogP contribution >= 0.6 is 0 Å². The quantitative estimate of drug-likeness (QED) is 0.720. The van der Waals surface area contributed by atoms with Gasteiger partial charge in [-0.25, -0.2) is 0 Å². The van der Waals surface area contributed by atoms with Crippen LogP contribution in [0.5, 0.6) is 0 Å². The molecule has 2 atom stereocenters. The van der Waals surface area contributed by atoms with Crippen LogP contribution in [-0.2, 0) is 20.8 Å². The molecule has 0 spiro atoms. The van der Waals surface area contributed by atoms with Gasteiger partial charge in [-0.3, -0.25) is 14.5 Å². The van der Waals surface area contributed by atoms with Crippen molar-refractivity contribution < 1.29 is 23.8 Å². The Kier molecular flexibility index (Phi) is 5.02. The molecule has 2 aliphatic heterocycles. The first-order valence-corrected chi connectivity index (χ1v) is 9.37. The number of carbonyl (C=O) groups is 2. The number of hydrogen-bond donors (Lipinski definition) is 0. The Morgan fingerprint density at radius 2 is 1.64 bits per heavy atom. The summed E-state index contributed by atoms with van der Waals surface area (Å²) in [5.41, 5.74) is 1.85. The zero-order valence-corrected chi connectivity index (χ0v) is 16.0. The first-order valence-electron chi connectivity index (χ1n) is 9.37. The standard InChI is InChI=1S/C22H23NO5/c1-22(2)27-14-19(28-22)18(13-26-12-15-8-4-3-5-9-15)23-20(24)16-10-6-7-11-17(16)21(23)25/h3-11,18-19H,12-14H2,1-2H3/t18?,19-/m1/s1. The predicted molar refractivity (Wildman–Crippen MR) is 102 cm³/mol. The van der Waals surface area contributed by atoms with Gasteiger partial charge in [0.25, 0.3) is 11.8 Å². The minimum absolute atomic E-state index is 0.171. The van der Waals surface area contributed by atoms with Crippen molar-refractivity contribution in [2.45, 2.75) is 38.4 Å². The van der Waals surface area contributed by atoms with Gasteiger partial charge in [-0.2, -0.15) is 0 Å². The fourth-order valence-electron chi connectivity index (χ4n) is 3.63. The lowest BCUT2D eigenvalue weighted by Gasteiger charge is -2.30. The van der Waals surface area contributed by atoms with Crippen molar-refractivity contribution in [3.63, 3.8) is 0 Å². The highest BCUT2D eigenvalue weighted by Gasteiger charge is 2.47. The molecule has 0 saturated carbocycles. The topological polar surface area (TPSA) is 65.1 Å². The minimum atomic E-state index is -0.763. The van der Waals surface area contributed by atoms with Crippen molar-refractivity contribution in [3.05, 3.63) is 71.3 Å².